The summed E-state index contributed by atoms with van der Waals surface area (Å²) in [6, 6.07) is 7.03. The molecule has 130 valence electrons. The standard InChI is InChI=1S/C18H25N3O3/c1-5-15(21(11-12-24-4)16(22)6-2)17-19-14-10-8-7-9-13(14)18(23)20(17)3/h7-10,15H,5-6,11-12H2,1-4H3. The topological polar surface area (TPSA) is 64.4 Å². The lowest BCUT2D eigenvalue weighted by molar-refractivity contribution is -0.134. The van der Waals surface area contributed by atoms with E-state index in [1.165, 1.54) is 0 Å². The van der Waals surface area contributed by atoms with Crippen molar-refractivity contribution < 1.29 is 9.53 Å². The predicted molar refractivity (Wildman–Crippen MR) is 93.9 cm³/mol. The van der Waals surface area contributed by atoms with Crippen LogP contribution in [0, 0.1) is 0 Å². The SMILES string of the molecule is CCC(=O)N(CCOC)C(CC)c1nc2ccccc2c(=O)n1C. The van der Waals surface area contributed by atoms with Crippen LogP contribution in [0.25, 0.3) is 10.9 Å². The maximum absolute atomic E-state index is 12.6. The molecule has 0 aliphatic carbocycles. The van der Waals surface area contributed by atoms with Crippen LogP contribution in [-0.2, 0) is 16.6 Å². The second kappa shape index (κ2) is 8.06. The summed E-state index contributed by atoms with van der Waals surface area (Å²) >= 11 is 0. The van der Waals surface area contributed by atoms with Gasteiger partial charge in [0.2, 0.25) is 5.91 Å². The first kappa shape index (κ1) is 18.1. The van der Waals surface area contributed by atoms with Gasteiger partial charge in [0.15, 0.2) is 0 Å². The van der Waals surface area contributed by atoms with Crippen molar-refractivity contribution in [3.63, 3.8) is 0 Å². The Labute approximate surface area is 142 Å². The molecule has 2 aromatic rings. The lowest BCUT2D eigenvalue weighted by atomic mass is 10.1. The Balaban J connectivity index is 2.56. The number of carbonyl (C=O) groups is 1. The van der Waals surface area contributed by atoms with Crippen molar-refractivity contribution in [1.29, 1.82) is 0 Å². The average molecular weight is 331 g/mol. The largest absolute Gasteiger partial charge is 0.383 e. The summed E-state index contributed by atoms with van der Waals surface area (Å²) in [6.07, 6.45) is 1.08. The quantitative estimate of drug-likeness (QED) is 0.781. The first-order valence-corrected chi connectivity index (χ1v) is 8.29. The van der Waals surface area contributed by atoms with Gasteiger partial charge in [0.1, 0.15) is 5.82 Å². The number of hydrogen-bond donors (Lipinski definition) is 0. The third kappa shape index (κ3) is 3.48. The highest BCUT2D eigenvalue weighted by Gasteiger charge is 2.26. The van der Waals surface area contributed by atoms with Crippen LogP contribution >= 0.6 is 0 Å². The number of para-hydroxylation sites is 1. The van der Waals surface area contributed by atoms with E-state index >= 15 is 0 Å². The Bertz CT molecular complexity index is 770. The molecule has 0 saturated heterocycles. The van der Waals surface area contributed by atoms with Crippen LogP contribution in [0.1, 0.15) is 38.6 Å². The Kier molecular flexibility index (Phi) is 6.09. The lowest BCUT2D eigenvalue weighted by Gasteiger charge is -2.31. The number of rotatable bonds is 7. The molecular formula is C18H25N3O3. The van der Waals surface area contributed by atoms with Crippen LogP contribution in [0.4, 0.5) is 0 Å². The first-order valence-electron chi connectivity index (χ1n) is 8.29. The predicted octanol–water partition coefficient (Wildman–Crippen LogP) is 2.27. The van der Waals surface area contributed by atoms with Gasteiger partial charge in [0.05, 0.1) is 23.6 Å². The first-order chi connectivity index (χ1) is 11.5. The second-order valence-electron chi connectivity index (χ2n) is 5.71. The van der Waals surface area contributed by atoms with Gasteiger partial charge >= 0.3 is 0 Å². The van der Waals surface area contributed by atoms with Crippen molar-refractivity contribution in [3.8, 4) is 0 Å². The van der Waals surface area contributed by atoms with Crippen molar-refractivity contribution in [2.24, 2.45) is 7.05 Å². The number of fused-ring (bicyclic) bond motifs is 1. The molecule has 1 amide bonds. The molecular weight excluding hydrogens is 306 g/mol. The van der Waals surface area contributed by atoms with E-state index in [0.717, 1.165) is 0 Å². The molecule has 1 unspecified atom stereocenters. The molecule has 0 bridgehead atoms. The van der Waals surface area contributed by atoms with Crippen LogP contribution in [0.15, 0.2) is 29.1 Å². The van der Waals surface area contributed by atoms with Crippen molar-refractivity contribution in [3.05, 3.63) is 40.4 Å². The Hall–Kier alpha value is -2.21. The maximum Gasteiger partial charge on any atom is 0.261 e. The van der Waals surface area contributed by atoms with Gasteiger partial charge in [-0.3, -0.25) is 14.2 Å². The van der Waals surface area contributed by atoms with Gasteiger partial charge < -0.3 is 9.64 Å². The molecule has 24 heavy (non-hydrogen) atoms. The van der Waals surface area contributed by atoms with Crippen molar-refractivity contribution in [2.45, 2.75) is 32.7 Å². The maximum atomic E-state index is 12.6. The van der Waals surface area contributed by atoms with Gasteiger partial charge in [-0.25, -0.2) is 4.98 Å². The second-order valence-corrected chi connectivity index (χ2v) is 5.71. The zero-order valence-electron chi connectivity index (χ0n) is 14.8. The molecule has 6 nitrogen and oxygen atoms in total. The number of ether oxygens (including phenoxy) is 1. The summed E-state index contributed by atoms with van der Waals surface area (Å²) in [7, 11) is 3.32. The third-order valence-electron chi connectivity index (χ3n) is 4.24. The van der Waals surface area contributed by atoms with Crippen LogP contribution < -0.4 is 5.56 Å². The summed E-state index contributed by atoms with van der Waals surface area (Å²) in [6.45, 7) is 4.75. The molecule has 1 heterocycles. The van der Waals surface area contributed by atoms with Crippen LogP contribution in [0.5, 0.6) is 0 Å². The molecule has 6 heteroatoms. The number of aromatic nitrogens is 2. The number of carbonyl (C=O) groups excluding carboxylic acids is 1. The summed E-state index contributed by atoms with van der Waals surface area (Å²) in [5, 5.41) is 0.587. The molecule has 0 fully saturated rings. The molecule has 1 aromatic carbocycles. The zero-order chi connectivity index (χ0) is 17.7. The summed E-state index contributed by atoms with van der Waals surface area (Å²) < 4.78 is 6.69. The number of nitrogens with zero attached hydrogens (tertiary/aromatic N) is 3. The summed E-state index contributed by atoms with van der Waals surface area (Å²) in [5.41, 5.74) is 0.564. The molecule has 1 atom stereocenters. The van der Waals surface area contributed by atoms with Crippen molar-refractivity contribution >= 4 is 16.8 Å². The van der Waals surface area contributed by atoms with E-state index in [2.05, 4.69) is 4.98 Å². The van der Waals surface area contributed by atoms with Gasteiger partial charge in [-0.15, -0.1) is 0 Å². The Morgan fingerprint density at radius 1 is 1.33 bits per heavy atom. The molecule has 1 aromatic heterocycles. The van der Waals surface area contributed by atoms with Crippen LogP contribution in [-0.4, -0.2) is 40.6 Å². The summed E-state index contributed by atoms with van der Waals surface area (Å²) in [5.74, 6) is 0.639. The molecule has 2 rings (SSSR count). The average Bonchev–Trinajstić information content (AvgIpc) is 2.61. The number of amides is 1. The van der Waals surface area contributed by atoms with Gasteiger partial charge in [0.25, 0.3) is 5.56 Å². The monoisotopic (exact) mass is 331 g/mol. The summed E-state index contributed by atoms with van der Waals surface area (Å²) in [4.78, 5) is 31.5. The molecule has 0 spiro atoms. The van der Waals surface area contributed by atoms with E-state index in [1.807, 2.05) is 32.0 Å². The van der Waals surface area contributed by atoms with E-state index in [-0.39, 0.29) is 17.5 Å². The van der Waals surface area contributed by atoms with Crippen LogP contribution in [0.2, 0.25) is 0 Å². The number of methoxy groups -OCH3 is 1. The van der Waals surface area contributed by atoms with Crippen LogP contribution in [0.3, 0.4) is 0 Å². The minimum atomic E-state index is -0.255. The molecule has 0 aliphatic heterocycles. The molecule has 0 saturated carbocycles. The lowest BCUT2D eigenvalue weighted by Crippen LogP contribution is -2.39. The van der Waals surface area contributed by atoms with Gasteiger partial charge in [0, 0.05) is 27.1 Å². The van der Waals surface area contributed by atoms with E-state index in [4.69, 9.17) is 4.74 Å². The van der Waals surface area contributed by atoms with E-state index in [1.54, 1.807) is 29.7 Å². The highest BCUT2D eigenvalue weighted by atomic mass is 16.5. The number of benzene rings is 1. The van der Waals surface area contributed by atoms with Crippen molar-refractivity contribution in [2.75, 3.05) is 20.3 Å². The fraction of sp³-hybridized carbons (Fsp3) is 0.500. The van der Waals surface area contributed by atoms with E-state index in [9.17, 15) is 9.59 Å². The van der Waals surface area contributed by atoms with E-state index < -0.39 is 0 Å². The smallest absolute Gasteiger partial charge is 0.261 e. The minimum Gasteiger partial charge on any atom is -0.383 e. The number of hydrogen-bond acceptors (Lipinski definition) is 4. The van der Waals surface area contributed by atoms with E-state index in [0.29, 0.717) is 42.7 Å². The zero-order valence-corrected chi connectivity index (χ0v) is 14.8. The fourth-order valence-electron chi connectivity index (χ4n) is 2.92. The third-order valence-corrected chi connectivity index (χ3v) is 4.24. The fourth-order valence-corrected chi connectivity index (χ4v) is 2.92. The molecule has 0 radical (unpaired) electrons. The molecule has 0 N–H and O–H groups in total. The van der Waals surface area contributed by atoms with Crippen molar-refractivity contribution in [1.82, 2.24) is 14.5 Å². The highest BCUT2D eigenvalue weighted by Crippen LogP contribution is 2.23. The van der Waals surface area contributed by atoms with Gasteiger partial charge in [-0.2, -0.15) is 0 Å². The molecule has 0 aliphatic rings. The Morgan fingerprint density at radius 2 is 2.04 bits per heavy atom. The Morgan fingerprint density at radius 3 is 2.67 bits per heavy atom. The van der Waals surface area contributed by atoms with Gasteiger partial charge in [-0.05, 0) is 18.6 Å². The highest BCUT2D eigenvalue weighted by molar-refractivity contribution is 5.78. The van der Waals surface area contributed by atoms with Gasteiger partial charge in [-0.1, -0.05) is 26.0 Å². The normalized spacial score (nSPS) is 12.3. The minimum absolute atomic E-state index is 0.0290.